The Morgan fingerprint density at radius 1 is 1.10 bits per heavy atom. The number of sulfonamides is 1. The van der Waals surface area contributed by atoms with Crippen LogP contribution in [0.15, 0.2) is 0 Å². The van der Waals surface area contributed by atoms with E-state index in [1.807, 2.05) is 0 Å². The van der Waals surface area contributed by atoms with E-state index in [0.717, 1.165) is 32.4 Å². The smallest absolute Gasteiger partial charge is 0.323 e. The lowest BCUT2D eigenvalue weighted by Crippen LogP contribution is -2.50. The molecule has 0 bridgehead atoms. The Bertz CT molecular complexity index is 649. The number of carbonyl (C=O) groups is 3. The first-order valence-corrected chi connectivity index (χ1v) is 11.7. The summed E-state index contributed by atoms with van der Waals surface area (Å²) in [6, 6.07) is -1.45. The van der Waals surface area contributed by atoms with Gasteiger partial charge in [-0.2, -0.15) is 4.72 Å². The van der Waals surface area contributed by atoms with Gasteiger partial charge in [0.15, 0.2) is 0 Å². The van der Waals surface area contributed by atoms with Crippen LogP contribution in [0.5, 0.6) is 0 Å². The Balaban J connectivity index is 2.28. The molecule has 1 aliphatic heterocycles. The van der Waals surface area contributed by atoms with E-state index >= 15 is 0 Å². The summed E-state index contributed by atoms with van der Waals surface area (Å²) in [6.07, 6.45) is 3.72. The van der Waals surface area contributed by atoms with Crippen molar-refractivity contribution in [1.82, 2.24) is 20.7 Å². The van der Waals surface area contributed by atoms with E-state index in [-0.39, 0.29) is 25.4 Å². The monoisotopic (exact) mass is 434 g/mol. The average Bonchev–Trinajstić information content (AvgIpc) is 2.69. The van der Waals surface area contributed by atoms with Gasteiger partial charge in [0, 0.05) is 25.9 Å². The maximum absolute atomic E-state index is 12.0. The fraction of sp³-hybridized carbons (Fsp3) is 0.833. The first-order valence-electron chi connectivity index (χ1n) is 10.1. The van der Waals surface area contributed by atoms with Crippen molar-refractivity contribution >= 4 is 27.8 Å². The molecular formula is C18H34N4O6S. The minimum Gasteiger partial charge on any atom is -0.480 e. The number of nitrogens with one attached hydrogen (secondary N) is 4. The molecule has 0 aromatic rings. The molecule has 0 saturated carbocycles. The highest BCUT2D eigenvalue weighted by Gasteiger charge is 2.27. The third kappa shape index (κ3) is 10.0. The Hall–Kier alpha value is -1.72. The molecule has 1 fully saturated rings. The second-order valence-electron chi connectivity index (χ2n) is 7.41. The Labute approximate surface area is 172 Å². The van der Waals surface area contributed by atoms with Crippen molar-refractivity contribution in [3.05, 3.63) is 0 Å². The molecule has 10 nitrogen and oxygen atoms in total. The quantitative estimate of drug-likeness (QED) is 0.263. The van der Waals surface area contributed by atoms with Crippen LogP contribution in [-0.2, 0) is 24.4 Å². The predicted molar refractivity (Wildman–Crippen MR) is 109 cm³/mol. The summed E-state index contributed by atoms with van der Waals surface area (Å²) in [6.45, 7) is 4.91. The molecule has 168 valence electrons. The van der Waals surface area contributed by atoms with Crippen molar-refractivity contribution in [2.75, 3.05) is 26.2 Å². The van der Waals surface area contributed by atoms with E-state index in [1.165, 1.54) is 6.92 Å². The van der Waals surface area contributed by atoms with Crippen molar-refractivity contribution in [3.63, 3.8) is 0 Å². The zero-order valence-electron chi connectivity index (χ0n) is 17.2. The highest BCUT2D eigenvalue weighted by Crippen LogP contribution is 2.17. The average molecular weight is 435 g/mol. The van der Waals surface area contributed by atoms with Crippen LogP contribution in [0.3, 0.4) is 0 Å². The first-order chi connectivity index (χ1) is 13.7. The summed E-state index contributed by atoms with van der Waals surface area (Å²) < 4.78 is 26.1. The molecule has 2 amide bonds. The minimum absolute atomic E-state index is 0.0104. The van der Waals surface area contributed by atoms with E-state index < -0.39 is 33.2 Å². The van der Waals surface area contributed by atoms with E-state index in [0.29, 0.717) is 18.8 Å². The highest BCUT2D eigenvalue weighted by atomic mass is 32.2. The number of hydrogen-bond acceptors (Lipinski definition) is 6. The van der Waals surface area contributed by atoms with Gasteiger partial charge < -0.3 is 21.1 Å². The maximum Gasteiger partial charge on any atom is 0.323 e. The van der Waals surface area contributed by atoms with Gasteiger partial charge in [-0.15, -0.1) is 0 Å². The number of rotatable bonds is 13. The van der Waals surface area contributed by atoms with Gasteiger partial charge in [0.05, 0.1) is 5.25 Å². The van der Waals surface area contributed by atoms with Gasteiger partial charge in [0.25, 0.3) is 0 Å². The lowest BCUT2D eigenvalue weighted by Gasteiger charge is -2.22. The minimum atomic E-state index is -3.79. The van der Waals surface area contributed by atoms with Gasteiger partial charge >= 0.3 is 5.97 Å². The summed E-state index contributed by atoms with van der Waals surface area (Å²) in [4.78, 5) is 35.0. The molecule has 1 aliphatic rings. The first kappa shape index (κ1) is 25.3. The Morgan fingerprint density at radius 3 is 2.31 bits per heavy atom. The molecule has 1 saturated heterocycles. The summed E-state index contributed by atoms with van der Waals surface area (Å²) in [5.41, 5.74) is 0. The van der Waals surface area contributed by atoms with Crippen molar-refractivity contribution in [3.8, 4) is 0 Å². The van der Waals surface area contributed by atoms with Crippen molar-refractivity contribution in [1.29, 1.82) is 0 Å². The van der Waals surface area contributed by atoms with Gasteiger partial charge in [-0.25, -0.2) is 8.42 Å². The van der Waals surface area contributed by atoms with Crippen molar-refractivity contribution in [2.45, 2.75) is 63.7 Å². The van der Waals surface area contributed by atoms with Gasteiger partial charge in [-0.3, -0.25) is 14.4 Å². The zero-order chi connectivity index (χ0) is 21.9. The number of carbonyl (C=O) groups excluding carboxylic acids is 2. The van der Waals surface area contributed by atoms with Crippen LogP contribution < -0.4 is 20.7 Å². The third-order valence-electron chi connectivity index (χ3n) is 5.13. The number of aliphatic carboxylic acids is 1. The number of piperidine rings is 1. The third-order valence-corrected chi connectivity index (χ3v) is 7.13. The largest absolute Gasteiger partial charge is 0.480 e. The molecule has 1 unspecified atom stereocenters. The standard InChI is InChI=1S/C18H34N4O6S/c1-3-13(2)29(27,28)22-15(18(25)26)12-21-17(24)8-11-20-16(23)5-4-14-6-9-19-10-7-14/h13-15,19,22H,3-12H2,1-2H3,(H,20,23)(H,21,24)(H,25,26)/t13?,15-/m1/s1. The predicted octanol–water partition coefficient (Wildman–Crippen LogP) is -0.440. The molecule has 1 heterocycles. The summed E-state index contributed by atoms with van der Waals surface area (Å²) in [5.74, 6) is -1.39. The normalized spacial score (nSPS) is 17.3. The van der Waals surface area contributed by atoms with Crippen LogP contribution >= 0.6 is 0 Å². The van der Waals surface area contributed by atoms with Crippen LogP contribution in [0.25, 0.3) is 0 Å². The molecule has 0 aliphatic carbocycles. The van der Waals surface area contributed by atoms with E-state index in [9.17, 15) is 27.9 Å². The molecule has 0 aromatic carbocycles. The molecule has 29 heavy (non-hydrogen) atoms. The fourth-order valence-corrected chi connectivity index (χ4v) is 4.18. The number of hydrogen-bond donors (Lipinski definition) is 5. The maximum atomic E-state index is 12.0. The Kier molecular flexibility index (Phi) is 11.1. The van der Waals surface area contributed by atoms with E-state index in [2.05, 4.69) is 20.7 Å². The summed E-state index contributed by atoms with van der Waals surface area (Å²) >= 11 is 0. The number of carboxylic acid groups (broad SMARTS) is 1. The van der Waals surface area contributed by atoms with Gasteiger partial charge in [0.1, 0.15) is 6.04 Å². The second kappa shape index (κ2) is 12.8. The molecule has 0 radical (unpaired) electrons. The van der Waals surface area contributed by atoms with Crippen LogP contribution in [0.4, 0.5) is 0 Å². The van der Waals surface area contributed by atoms with Gasteiger partial charge in [-0.05, 0) is 51.6 Å². The SMILES string of the molecule is CCC(C)S(=O)(=O)N[C@H](CNC(=O)CCNC(=O)CCC1CCNCC1)C(=O)O. The van der Waals surface area contributed by atoms with E-state index in [1.54, 1.807) is 6.92 Å². The van der Waals surface area contributed by atoms with Gasteiger partial charge in [0.2, 0.25) is 21.8 Å². The molecule has 1 rings (SSSR count). The molecule has 5 N–H and O–H groups in total. The van der Waals surface area contributed by atoms with Crippen LogP contribution in [-0.4, -0.2) is 68.8 Å². The fourth-order valence-electron chi connectivity index (χ4n) is 2.93. The Morgan fingerprint density at radius 2 is 1.72 bits per heavy atom. The number of carboxylic acids is 1. The van der Waals surface area contributed by atoms with Crippen LogP contribution in [0, 0.1) is 5.92 Å². The second-order valence-corrected chi connectivity index (χ2v) is 9.54. The molecular weight excluding hydrogens is 400 g/mol. The molecule has 2 atom stereocenters. The van der Waals surface area contributed by atoms with E-state index in [4.69, 9.17) is 0 Å². The zero-order valence-corrected chi connectivity index (χ0v) is 18.0. The highest BCUT2D eigenvalue weighted by molar-refractivity contribution is 7.90. The van der Waals surface area contributed by atoms with Crippen LogP contribution in [0.1, 0.15) is 52.4 Å². The summed E-state index contributed by atoms with van der Waals surface area (Å²) in [7, 11) is -3.79. The lowest BCUT2D eigenvalue weighted by atomic mass is 9.93. The molecule has 11 heteroatoms. The molecule has 0 aromatic heterocycles. The summed E-state index contributed by atoms with van der Waals surface area (Å²) in [5, 5.41) is 16.8. The van der Waals surface area contributed by atoms with Gasteiger partial charge in [-0.1, -0.05) is 6.92 Å². The van der Waals surface area contributed by atoms with Crippen LogP contribution in [0.2, 0.25) is 0 Å². The van der Waals surface area contributed by atoms with Crippen molar-refractivity contribution < 1.29 is 27.9 Å². The molecule has 0 spiro atoms. The van der Waals surface area contributed by atoms with Crippen molar-refractivity contribution in [2.24, 2.45) is 5.92 Å². The lowest BCUT2D eigenvalue weighted by molar-refractivity contribution is -0.138. The number of amides is 2. The topological polar surface area (TPSA) is 154 Å².